The fourth-order valence-corrected chi connectivity index (χ4v) is 4.30. The second-order valence-electron chi connectivity index (χ2n) is 9.52. The summed E-state index contributed by atoms with van der Waals surface area (Å²) in [4.78, 5) is 32.8. The number of rotatable bonds is 6. The van der Waals surface area contributed by atoms with E-state index in [1.807, 2.05) is 34.6 Å². The number of nitrogens with zero attached hydrogens (tertiary/aromatic N) is 3. The number of likely N-dealkylation sites (N-methyl/N-ethyl adjacent to an activating group) is 1. The third-order valence-electron chi connectivity index (χ3n) is 5.97. The lowest BCUT2D eigenvalue weighted by Crippen LogP contribution is -2.53. The molecule has 1 atom stereocenters. The molecule has 34 heavy (non-hydrogen) atoms. The Kier molecular flexibility index (Phi) is 7.98. The monoisotopic (exact) mass is 495 g/mol. The number of carbonyl (C=O) groups is 2. The second-order valence-corrected chi connectivity index (χ2v) is 9.93. The van der Waals surface area contributed by atoms with Crippen molar-refractivity contribution in [3.05, 3.63) is 40.2 Å². The first-order valence-electron chi connectivity index (χ1n) is 11.5. The SMILES string of the molecule is CCNC(=O)C(NC(=O)c1nc(-c2cc(Cl)c(F)cc2F)n2c1CN(CC)CCC2)C(C)(C)C. The van der Waals surface area contributed by atoms with Crippen molar-refractivity contribution >= 4 is 23.4 Å². The predicted octanol–water partition coefficient (Wildman–Crippen LogP) is 3.99. The van der Waals surface area contributed by atoms with Gasteiger partial charge in [0.2, 0.25) is 5.91 Å². The molecule has 2 aromatic rings. The number of imidazole rings is 1. The summed E-state index contributed by atoms with van der Waals surface area (Å²) in [7, 11) is 0. The Labute approximate surface area is 203 Å². The van der Waals surface area contributed by atoms with Crippen LogP contribution in [0.15, 0.2) is 12.1 Å². The van der Waals surface area contributed by atoms with Crippen LogP contribution in [0.1, 0.15) is 57.2 Å². The first-order chi connectivity index (χ1) is 16.0. The molecule has 186 valence electrons. The fraction of sp³-hybridized carbons (Fsp3) is 0.542. The quantitative estimate of drug-likeness (QED) is 0.594. The number of aromatic nitrogens is 2. The van der Waals surface area contributed by atoms with E-state index >= 15 is 0 Å². The molecule has 0 saturated heterocycles. The van der Waals surface area contributed by atoms with Gasteiger partial charge in [-0.05, 0) is 31.4 Å². The van der Waals surface area contributed by atoms with Crippen LogP contribution in [-0.2, 0) is 17.9 Å². The molecule has 1 aromatic carbocycles. The van der Waals surface area contributed by atoms with E-state index in [1.165, 1.54) is 6.07 Å². The second kappa shape index (κ2) is 10.4. The number of hydrogen-bond donors (Lipinski definition) is 2. The normalized spacial score (nSPS) is 15.4. The lowest BCUT2D eigenvalue weighted by molar-refractivity contribution is -0.125. The maximum Gasteiger partial charge on any atom is 0.272 e. The van der Waals surface area contributed by atoms with E-state index in [9.17, 15) is 18.4 Å². The van der Waals surface area contributed by atoms with Crippen LogP contribution >= 0.6 is 11.6 Å². The van der Waals surface area contributed by atoms with E-state index in [2.05, 4.69) is 20.5 Å². The van der Waals surface area contributed by atoms with Gasteiger partial charge in [-0.15, -0.1) is 0 Å². The summed E-state index contributed by atoms with van der Waals surface area (Å²) in [6, 6.07) is 1.11. The van der Waals surface area contributed by atoms with Crippen LogP contribution in [0.2, 0.25) is 5.02 Å². The highest BCUT2D eigenvalue weighted by Gasteiger charge is 2.35. The zero-order chi connectivity index (χ0) is 25.2. The van der Waals surface area contributed by atoms with Gasteiger partial charge in [-0.3, -0.25) is 14.5 Å². The van der Waals surface area contributed by atoms with Crippen LogP contribution in [0.4, 0.5) is 8.78 Å². The van der Waals surface area contributed by atoms with Crippen LogP contribution in [0.3, 0.4) is 0 Å². The summed E-state index contributed by atoms with van der Waals surface area (Å²) in [6.45, 7) is 12.4. The van der Waals surface area contributed by atoms with Crippen molar-refractivity contribution < 1.29 is 18.4 Å². The summed E-state index contributed by atoms with van der Waals surface area (Å²) < 4.78 is 30.4. The molecule has 0 aliphatic carbocycles. The lowest BCUT2D eigenvalue weighted by Gasteiger charge is -2.30. The number of nitrogens with one attached hydrogen (secondary N) is 2. The van der Waals surface area contributed by atoms with Gasteiger partial charge in [-0.25, -0.2) is 13.8 Å². The molecule has 0 saturated carbocycles. The van der Waals surface area contributed by atoms with Crippen LogP contribution in [0.25, 0.3) is 11.4 Å². The van der Waals surface area contributed by atoms with E-state index in [-0.39, 0.29) is 28.0 Å². The molecule has 2 heterocycles. The molecular formula is C24H32ClF2N5O2. The van der Waals surface area contributed by atoms with E-state index < -0.39 is 29.0 Å². The average molecular weight is 496 g/mol. The molecular weight excluding hydrogens is 464 g/mol. The highest BCUT2D eigenvalue weighted by atomic mass is 35.5. The molecule has 2 N–H and O–H groups in total. The number of benzene rings is 1. The van der Waals surface area contributed by atoms with Crippen LogP contribution < -0.4 is 10.6 Å². The van der Waals surface area contributed by atoms with Crippen molar-refractivity contribution in [1.82, 2.24) is 25.1 Å². The van der Waals surface area contributed by atoms with Crippen molar-refractivity contribution in [2.45, 2.75) is 60.2 Å². The number of halogens is 3. The number of hydrogen-bond acceptors (Lipinski definition) is 4. The van der Waals surface area contributed by atoms with Crippen LogP contribution in [-0.4, -0.2) is 51.9 Å². The van der Waals surface area contributed by atoms with Gasteiger partial charge in [-0.1, -0.05) is 39.3 Å². The van der Waals surface area contributed by atoms with Gasteiger partial charge in [-0.2, -0.15) is 0 Å². The summed E-state index contributed by atoms with van der Waals surface area (Å²) in [5, 5.41) is 5.37. The zero-order valence-electron chi connectivity index (χ0n) is 20.3. The predicted molar refractivity (Wildman–Crippen MR) is 128 cm³/mol. The van der Waals surface area contributed by atoms with Crippen molar-refractivity contribution in [2.24, 2.45) is 5.41 Å². The molecule has 2 amide bonds. The largest absolute Gasteiger partial charge is 0.355 e. The summed E-state index contributed by atoms with van der Waals surface area (Å²) in [5.41, 5.74) is 0.206. The van der Waals surface area contributed by atoms with E-state index in [1.54, 1.807) is 4.57 Å². The van der Waals surface area contributed by atoms with E-state index in [4.69, 9.17) is 11.6 Å². The molecule has 1 unspecified atom stereocenters. The Morgan fingerprint density at radius 1 is 1.18 bits per heavy atom. The molecule has 0 fully saturated rings. The Hall–Kier alpha value is -2.52. The van der Waals surface area contributed by atoms with Crippen LogP contribution in [0.5, 0.6) is 0 Å². The van der Waals surface area contributed by atoms with E-state index in [0.29, 0.717) is 25.3 Å². The minimum Gasteiger partial charge on any atom is -0.355 e. The van der Waals surface area contributed by atoms with Gasteiger partial charge in [0.15, 0.2) is 5.69 Å². The Morgan fingerprint density at radius 2 is 1.88 bits per heavy atom. The van der Waals surface area contributed by atoms with Gasteiger partial charge in [0, 0.05) is 32.2 Å². The minimum absolute atomic E-state index is 0.0211. The van der Waals surface area contributed by atoms with Crippen molar-refractivity contribution in [3.63, 3.8) is 0 Å². The average Bonchev–Trinajstić information content (AvgIpc) is 2.96. The first kappa shape index (κ1) is 26.1. The molecule has 0 bridgehead atoms. The maximum atomic E-state index is 14.8. The third kappa shape index (κ3) is 5.41. The van der Waals surface area contributed by atoms with Gasteiger partial charge in [0.1, 0.15) is 23.5 Å². The molecule has 1 aliphatic rings. The minimum atomic E-state index is -0.865. The summed E-state index contributed by atoms with van der Waals surface area (Å²) >= 11 is 5.94. The Bertz CT molecular complexity index is 1080. The molecule has 7 nitrogen and oxygen atoms in total. The molecule has 1 aromatic heterocycles. The molecule has 0 radical (unpaired) electrons. The number of amides is 2. The standard InChI is InChI=1S/C24H32ClF2N5O2/c1-6-28-23(34)20(24(3,4)5)30-22(33)19-18-13-31(7-2)9-8-10-32(18)21(29-19)14-11-15(25)17(27)12-16(14)26/h11-12,20H,6-10,13H2,1-5H3,(H,28,34)(H,30,33). The van der Waals surface area contributed by atoms with Crippen molar-refractivity contribution in [2.75, 3.05) is 19.6 Å². The third-order valence-corrected chi connectivity index (χ3v) is 6.26. The van der Waals surface area contributed by atoms with Gasteiger partial charge >= 0.3 is 0 Å². The number of carbonyl (C=O) groups excluding carboxylic acids is 2. The van der Waals surface area contributed by atoms with Crippen molar-refractivity contribution in [3.8, 4) is 11.4 Å². The van der Waals surface area contributed by atoms with Crippen LogP contribution in [0, 0.1) is 17.0 Å². The topological polar surface area (TPSA) is 79.3 Å². The summed E-state index contributed by atoms with van der Waals surface area (Å²) in [5.74, 6) is -2.28. The van der Waals surface area contributed by atoms with E-state index in [0.717, 1.165) is 25.6 Å². The van der Waals surface area contributed by atoms with Gasteiger partial charge in [0.25, 0.3) is 5.91 Å². The van der Waals surface area contributed by atoms with Gasteiger partial charge < -0.3 is 15.2 Å². The smallest absolute Gasteiger partial charge is 0.272 e. The lowest BCUT2D eigenvalue weighted by atomic mass is 9.86. The summed E-state index contributed by atoms with van der Waals surface area (Å²) in [6.07, 6.45) is 0.769. The fourth-order valence-electron chi connectivity index (χ4n) is 4.13. The highest BCUT2D eigenvalue weighted by Crippen LogP contribution is 2.31. The maximum absolute atomic E-state index is 14.8. The first-order valence-corrected chi connectivity index (χ1v) is 11.9. The Morgan fingerprint density at radius 3 is 2.50 bits per heavy atom. The van der Waals surface area contributed by atoms with Crippen molar-refractivity contribution in [1.29, 1.82) is 0 Å². The molecule has 0 spiro atoms. The zero-order valence-corrected chi connectivity index (χ0v) is 21.0. The highest BCUT2D eigenvalue weighted by molar-refractivity contribution is 6.31. The number of fused-ring (bicyclic) bond motifs is 1. The molecule has 1 aliphatic heterocycles. The molecule has 10 heteroatoms. The molecule has 3 rings (SSSR count). The van der Waals surface area contributed by atoms with Gasteiger partial charge in [0.05, 0.1) is 16.3 Å². The Balaban J connectivity index is 2.11.